The third-order valence-electron chi connectivity index (χ3n) is 4.13. The smallest absolute Gasteiger partial charge is 0.232 e. The van der Waals surface area contributed by atoms with Crippen LogP contribution in [0, 0.1) is 18.7 Å². The summed E-state index contributed by atoms with van der Waals surface area (Å²) in [4.78, 5) is 20.0. The van der Waals surface area contributed by atoms with Crippen LogP contribution in [-0.4, -0.2) is 22.0 Å². The zero-order valence-corrected chi connectivity index (χ0v) is 13.5. The van der Waals surface area contributed by atoms with Crippen LogP contribution in [-0.2, 0) is 4.79 Å². The number of rotatable bonds is 3. The summed E-state index contributed by atoms with van der Waals surface area (Å²) in [5.41, 5.74) is 2.81. The van der Waals surface area contributed by atoms with Crippen LogP contribution in [0.15, 0.2) is 30.6 Å². The lowest BCUT2D eigenvalue weighted by molar-refractivity contribution is -0.117. The molecule has 2 aromatic heterocycles. The van der Waals surface area contributed by atoms with Gasteiger partial charge in [-0.15, -0.1) is 0 Å². The number of halogens is 2. The minimum Gasteiger partial charge on any atom is -0.302 e. The number of carbonyl (C=O) groups is 1. The first-order chi connectivity index (χ1) is 11.5. The van der Waals surface area contributed by atoms with Crippen LogP contribution in [0.4, 0.5) is 13.9 Å². The molecular weight excluding hydrogens is 332 g/mol. The summed E-state index contributed by atoms with van der Waals surface area (Å²) in [6.45, 7) is 1.71. The van der Waals surface area contributed by atoms with Gasteiger partial charge in [0.2, 0.25) is 5.91 Å². The van der Waals surface area contributed by atoms with E-state index < -0.39 is 12.1 Å². The van der Waals surface area contributed by atoms with Gasteiger partial charge < -0.3 is 5.32 Å². The number of pyridine rings is 1. The molecule has 122 valence electrons. The highest BCUT2D eigenvalue weighted by atomic mass is 32.1. The lowest BCUT2D eigenvalue weighted by Gasteiger charge is -2.05. The molecule has 0 bridgehead atoms. The second-order valence-electron chi connectivity index (χ2n) is 5.84. The van der Waals surface area contributed by atoms with Crippen LogP contribution in [0.5, 0.6) is 0 Å². The van der Waals surface area contributed by atoms with Crippen LogP contribution < -0.4 is 5.32 Å². The Labute approximate surface area is 140 Å². The minimum absolute atomic E-state index is 0.284. The van der Waals surface area contributed by atoms with Gasteiger partial charge in [-0.3, -0.25) is 9.78 Å². The SMILES string of the molecule is Cc1c(F)cncc1-c1ccc2nc(NC(=O)[C@@H]3C[C@@H]3F)sc2c1. The number of nitrogens with one attached hydrogen (secondary N) is 1. The fraction of sp³-hybridized carbons (Fsp3) is 0.235. The molecule has 0 radical (unpaired) electrons. The Morgan fingerprint density at radius 3 is 2.92 bits per heavy atom. The topological polar surface area (TPSA) is 54.9 Å². The Hall–Kier alpha value is -2.41. The fourth-order valence-electron chi connectivity index (χ4n) is 2.57. The molecule has 0 spiro atoms. The van der Waals surface area contributed by atoms with Crippen molar-refractivity contribution in [1.82, 2.24) is 9.97 Å². The summed E-state index contributed by atoms with van der Waals surface area (Å²) in [5, 5.41) is 3.10. The largest absolute Gasteiger partial charge is 0.302 e. The quantitative estimate of drug-likeness (QED) is 0.777. The van der Waals surface area contributed by atoms with Crippen molar-refractivity contribution in [3.63, 3.8) is 0 Å². The van der Waals surface area contributed by atoms with E-state index >= 15 is 0 Å². The van der Waals surface area contributed by atoms with Crippen LogP contribution in [0.3, 0.4) is 0 Å². The molecule has 2 heterocycles. The molecule has 7 heteroatoms. The lowest BCUT2D eigenvalue weighted by Crippen LogP contribution is -2.14. The summed E-state index contributed by atoms with van der Waals surface area (Å²) in [6.07, 6.45) is 2.06. The molecule has 1 aliphatic rings. The number of amides is 1. The molecule has 0 unspecified atom stereocenters. The molecule has 4 rings (SSSR count). The summed E-state index contributed by atoms with van der Waals surface area (Å²) < 4.78 is 27.5. The molecule has 1 amide bonds. The number of aromatic nitrogens is 2. The van der Waals surface area contributed by atoms with Gasteiger partial charge in [0.1, 0.15) is 12.0 Å². The zero-order valence-electron chi connectivity index (χ0n) is 12.7. The molecule has 0 aliphatic heterocycles. The van der Waals surface area contributed by atoms with E-state index in [9.17, 15) is 13.6 Å². The molecule has 3 aromatic rings. The number of fused-ring (bicyclic) bond motifs is 1. The Balaban J connectivity index is 1.66. The molecule has 4 nitrogen and oxygen atoms in total. The van der Waals surface area contributed by atoms with Gasteiger partial charge in [-0.2, -0.15) is 0 Å². The van der Waals surface area contributed by atoms with Crippen molar-refractivity contribution in [1.29, 1.82) is 0 Å². The Kier molecular flexibility index (Phi) is 3.53. The average molecular weight is 345 g/mol. The summed E-state index contributed by atoms with van der Waals surface area (Å²) in [7, 11) is 0. The average Bonchev–Trinajstić information content (AvgIpc) is 3.15. The number of alkyl halides is 1. The second-order valence-corrected chi connectivity index (χ2v) is 6.87. The molecule has 1 saturated carbocycles. The van der Waals surface area contributed by atoms with Crippen molar-refractivity contribution < 1.29 is 13.6 Å². The van der Waals surface area contributed by atoms with Gasteiger partial charge in [0, 0.05) is 11.8 Å². The van der Waals surface area contributed by atoms with Crippen molar-refractivity contribution >= 4 is 32.6 Å². The normalized spacial score (nSPS) is 19.5. The van der Waals surface area contributed by atoms with E-state index in [0.29, 0.717) is 16.3 Å². The molecular formula is C17H13F2N3OS. The molecule has 1 N–H and O–H groups in total. The molecule has 24 heavy (non-hydrogen) atoms. The van der Waals surface area contributed by atoms with E-state index in [-0.39, 0.29) is 18.1 Å². The first-order valence-corrected chi connectivity index (χ1v) is 8.30. The monoisotopic (exact) mass is 345 g/mol. The predicted octanol–water partition coefficient (Wildman–Crippen LogP) is 4.10. The van der Waals surface area contributed by atoms with Gasteiger partial charge in [-0.05, 0) is 36.6 Å². The minimum atomic E-state index is -1.03. The van der Waals surface area contributed by atoms with E-state index in [0.717, 1.165) is 15.8 Å². The van der Waals surface area contributed by atoms with Gasteiger partial charge in [0.15, 0.2) is 5.13 Å². The fourth-order valence-corrected chi connectivity index (χ4v) is 3.48. The first kappa shape index (κ1) is 15.1. The van der Waals surface area contributed by atoms with E-state index in [1.807, 2.05) is 18.2 Å². The molecule has 2 atom stereocenters. The van der Waals surface area contributed by atoms with Gasteiger partial charge in [-0.1, -0.05) is 17.4 Å². The predicted molar refractivity (Wildman–Crippen MR) is 89.2 cm³/mol. The van der Waals surface area contributed by atoms with Crippen LogP contribution in [0.25, 0.3) is 21.3 Å². The third kappa shape index (κ3) is 2.65. The van der Waals surface area contributed by atoms with Gasteiger partial charge in [0.25, 0.3) is 0 Å². The van der Waals surface area contributed by atoms with Crippen molar-refractivity contribution in [3.05, 3.63) is 42.0 Å². The maximum Gasteiger partial charge on any atom is 0.232 e. The Morgan fingerprint density at radius 2 is 2.17 bits per heavy atom. The molecule has 1 aliphatic carbocycles. The number of nitrogens with zero attached hydrogens (tertiary/aromatic N) is 2. The summed E-state index contributed by atoms with van der Waals surface area (Å²) in [6, 6.07) is 5.55. The Bertz CT molecular complexity index is 956. The first-order valence-electron chi connectivity index (χ1n) is 7.49. The molecule has 0 saturated heterocycles. The van der Waals surface area contributed by atoms with Gasteiger partial charge in [-0.25, -0.2) is 13.8 Å². The second kappa shape index (κ2) is 5.59. The summed E-state index contributed by atoms with van der Waals surface area (Å²) in [5.74, 6) is -1.23. The summed E-state index contributed by atoms with van der Waals surface area (Å²) >= 11 is 1.31. The standard InChI is InChI=1S/C17H13F2N3OS/c1-8-11(6-20-7-13(8)19)9-2-3-14-15(4-9)24-17(21-14)22-16(23)10-5-12(10)18/h2-4,6-7,10,12H,5H2,1H3,(H,21,22,23)/t10-,12+/m1/s1. The highest BCUT2D eigenvalue weighted by molar-refractivity contribution is 7.22. The number of benzene rings is 1. The number of hydrogen-bond acceptors (Lipinski definition) is 4. The van der Waals surface area contributed by atoms with Crippen LogP contribution >= 0.6 is 11.3 Å². The number of carbonyl (C=O) groups excluding carboxylic acids is 1. The number of hydrogen-bond donors (Lipinski definition) is 1. The molecule has 1 fully saturated rings. The van der Waals surface area contributed by atoms with E-state index in [1.54, 1.807) is 13.1 Å². The Morgan fingerprint density at radius 1 is 1.38 bits per heavy atom. The van der Waals surface area contributed by atoms with Crippen LogP contribution in [0.1, 0.15) is 12.0 Å². The van der Waals surface area contributed by atoms with E-state index in [1.165, 1.54) is 17.5 Å². The van der Waals surface area contributed by atoms with Crippen molar-refractivity contribution in [2.75, 3.05) is 5.32 Å². The number of thiazole rings is 1. The van der Waals surface area contributed by atoms with E-state index in [4.69, 9.17) is 0 Å². The zero-order chi connectivity index (χ0) is 16.8. The lowest BCUT2D eigenvalue weighted by atomic mass is 10.0. The highest BCUT2D eigenvalue weighted by Gasteiger charge is 2.43. The number of anilines is 1. The van der Waals surface area contributed by atoms with Crippen molar-refractivity contribution in [2.45, 2.75) is 19.5 Å². The van der Waals surface area contributed by atoms with Crippen molar-refractivity contribution in [3.8, 4) is 11.1 Å². The maximum atomic E-state index is 13.7. The third-order valence-corrected chi connectivity index (χ3v) is 5.07. The maximum absolute atomic E-state index is 13.7. The van der Waals surface area contributed by atoms with Crippen LogP contribution in [0.2, 0.25) is 0 Å². The van der Waals surface area contributed by atoms with Gasteiger partial charge >= 0.3 is 0 Å². The van der Waals surface area contributed by atoms with E-state index in [2.05, 4.69) is 15.3 Å². The highest BCUT2D eigenvalue weighted by Crippen LogP contribution is 2.36. The molecule has 1 aromatic carbocycles. The van der Waals surface area contributed by atoms with Gasteiger partial charge in [0.05, 0.1) is 22.3 Å². The van der Waals surface area contributed by atoms with Crippen molar-refractivity contribution in [2.24, 2.45) is 5.92 Å².